The first-order valence-corrected chi connectivity index (χ1v) is 14.1. The van der Waals surface area contributed by atoms with Gasteiger partial charge in [-0.1, -0.05) is 0 Å². The Morgan fingerprint density at radius 1 is 0.333 bits per heavy atom. The lowest BCUT2D eigenvalue weighted by Crippen LogP contribution is -2.67. The smallest absolute Gasteiger partial charge is 0.187 e. The molecule has 21 heteroatoms. The average Bonchev–Trinajstić information content (AvgIpc) is 3.03. The first-order valence-electron chi connectivity index (χ1n) is 14.1. The molecule has 0 spiro atoms. The van der Waals surface area contributed by atoms with Crippen LogP contribution in [0.4, 0.5) is 0 Å². The van der Waals surface area contributed by atoms with Crippen molar-refractivity contribution >= 4 is 0 Å². The molecule has 0 saturated carbocycles. The van der Waals surface area contributed by atoms with Gasteiger partial charge in [-0.3, -0.25) is 0 Å². The van der Waals surface area contributed by atoms with Gasteiger partial charge in [0.05, 0.1) is 26.4 Å². The van der Waals surface area contributed by atoms with Crippen LogP contribution in [0, 0.1) is 0 Å². The maximum atomic E-state index is 11.2. The number of hydrogen-bond donors (Lipinski definition) is 14. The van der Waals surface area contributed by atoms with Gasteiger partial charge in [-0.25, -0.2) is 0 Å². The number of aliphatic hydroxyl groups excluding tert-OH is 14. The highest BCUT2D eigenvalue weighted by molar-refractivity contribution is 4.97. The quantitative estimate of drug-likeness (QED) is 0.103. The zero-order valence-corrected chi connectivity index (χ0v) is 23.5. The van der Waals surface area contributed by atoms with Crippen LogP contribution in [-0.4, -0.2) is 221 Å². The SMILES string of the molecule is OC[C@H]1O[C@@H](O[C@H]2[C@H](O)[C@H](O[C@H]3O[C@H](CO)[C@@H](O)[C@H](O)[C@@H]3O[C@H]3O[C@H](CO)[C@@H](O)[C@H](O)[C@@H]3O)[C@H](O)O[C@@H]2CO)[C@H](O)[C@@H](O)[C@H]1O. The minimum Gasteiger partial charge on any atom is -0.394 e. The second-order valence-corrected chi connectivity index (χ2v) is 11.1. The van der Waals surface area contributed by atoms with Crippen molar-refractivity contribution in [2.24, 2.45) is 0 Å². The Kier molecular flexibility index (Phi) is 12.8. The van der Waals surface area contributed by atoms with Gasteiger partial charge in [0.25, 0.3) is 0 Å². The van der Waals surface area contributed by atoms with E-state index in [0.29, 0.717) is 0 Å². The summed E-state index contributed by atoms with van der Waals surface area (Å²) in [6.45, 7) is -3.41. The van der Waals surface area contributed by atoms with E-state index in [1.54, 1.807) is 0 Å². The van der Waals surface area contributed by atoms with Gasteiger partial charge >= 0.3 is 0 Å². The van der Waals surface area contributed by atoms with Gasteiger partial charge in [0.1, 0.15) is 97.7 Å². The molecule has 0 radical (unpaired) electrons. The molecule has 4 aliphatic rings. The van der Waals surface area contributed by atoms with E-state index >= 15 is 0 Å². The van der Waals surface area contributed by atoms with Crippen molar-refractivity contribution in [3.8, 4) is 0 Å². The third kappa shape index (κ3) is 7.44. The molecular formula is C24H42O21. The summed E-state index contributed by atoms with van der Waals surface area (Å²) in [7, 11) is 0. The molecule has 0 bridgehead atoms. The molecule has 0 amide bonds. The predicted molar refractivity (Wildman–Crippen MR) is 134 cm³/mol. The summed E-state index contributed by atoms with van der Waals surface area (Å²) in [5.74, 6) is 0. The highest BCUT2D eigenvalue weighted by atomic mass is 16.8. The van der Waals surface area contributed by atoms with Crippen LogP contribution in [0.3, 0.4) is 0 Å². The van der Waals surface area contributed by atoms with Crippen LogP contribution in [0.15, 0.2) is 0 Å². The predicted octanol–water partition coefficient (Wildman–Crippen LogP) is -9.75. The van der Waals surface area contributed by atoms with Crippen LogP contribution >= 0.6 is 0 Å². The number of ether oxygens (including phenoxy) is 7. The van der Waals surface area contributed by atoms with E-state index in [1.165, 1.54) is 0 Å². The first kappa shape index (κ1) is 37.0. The van der Waals surface area contributed by atoms with Crippen LogP contribution in [-0.2, 0) is 33.2 Å². The van der Waals surface area contributed by atoms with E-state index < -0.39 is 149 Å². The average molecular weight is 667 g/mol. The van der Waals surface area contributed by atoms with Crippen molar-refractivity contribution in [3.05, 3.63) is 0 Å². The zero-order valence-electron chi connectivity index (χ0n) is 23.5. The van der Waals surface area contributed by atoms with Crippen LogP contribution in [0.25, 0.3) is 0 Å². The fraction of sp³-hybridized carbons (Fsp3) is 1.00. The van der Waals surface area contributed by atoms with Crippen molar-refractivity contribution in [1.29, 1.82) is 0 Å². The molecule has 0 aromatic heterocycles. The second kappa shape index (κ2) is 15.6. The molecule has 0 unspecified atom stereocenters. The third-order valence-electron chi connectivity index (χ3n) is 8.21. The van der Waals surface area contributed by atoms with Crippen LogP contribution in [0.2, 0.25) is 0 Å². The van der Waals surface area contributed by atoms with Gasteiger partial charge in [0.15, 0.2) is 25.2 Å². The van der Waals surface area contributed by atoms with Crippen LogP contribution < -0.4 is 0 Å². The Labute approximate surface area is 254 Å². The standard InChI is InChI=1S/C24H42O21/c25-1-5-9(29)12(32)15(35)22(40-5)43-18-8(4-28)39-21(38)19(17(18)37)44-24-20(14(34)11(31)7(3-27)42-24)45-23-16(36)13(33)10(30)6(2-26)41-23/h5-38H,1-4H2/t5-,6-,7-,8-,9+,10-,11-,12+,13+,14+,15-,16+,17+,18-,19+,20+,21-,22+,23-,24-/m1/s1. The summed E-state index contributed by atoms with van der Waals surface area (Å²) in [6, 6.07) is 0. The van der Waals surface area contributed by atoms with E-state index in [-0.39, 0.29) is 0 Å². The molecule has 0 aromatic rings. The van der Waals surface area contributed by atoms with Gasteiger partial charge < -0.3 is 105 Å². The normalized spacial score (nSPS) is 52.9. The van der Waals surface area contributed by atoms with Gasteiger partial charge in [-0.05, 0) is 0 Å². The van der Waals surface area contributed by atoms with Crippen molar-refractivity contribution in [3.63, 3.8) is 0 Å². The number of hydrogen-bond acceptors (Lipinski definition) is 21. The fourth-order valence-electron chi connectivity index (χ4n) is 5.51. The first-order chi connectivity index (χ1) is 21.3. The van der Waals surface area contributed by atoms with Crippen molar-refractivity contribution in [2.75, 3.05) is 26.4 Å². The Bertz CT molecular complexity index is 914. The summed E-state index contributed by atoms with van der Waals surface area (Å²) in [6.07, 6.45) is -36.2. The van der Waals surface area contributed by atoms with Crippen molar-refractivity contribution < 1.29 is 105 Å². The maximum Gasteiger partial charge on any atom is 0.187 e. The van der Waals surface area contributed by atoms with Gasteiger partial charge in [-0.15, -0.1) is 0 Å². The van der Waals surface area contributed by atoms with E-state index in [2.05, 4.69) is 0 Å². The molecule has 45 heavy (non-hydrogen) atoms. The molecule has 0 aliphatic carbocycles. The molecule has 264 valence electrons. The number of aliphatic hydroxyl groups is 14. The largest absolute Gasteiger partial charge is 0.394 e. The lowest BCUT2D eigenvalue weighted by atomic mass is 9.96. The molecule has 4 rings (SSSR count). The minimum atomic E-state index is -2.07. The molecule has 0 aromatic carbocycles. The molecule has 14 N–H and O–H groups in total. The molecular weight excluding hydrogens is 624 g/mol. The van der Waals surface area contributed by atoms with E-state index in [4.69, 9.17) is 33.2 Å². The molecule has 4 saturated heterocycles. The summed E-state index contributed by atoms with van der Waals surface area (Å²) in [5.41, 5.74) is 0. The van der Waals surface area contributed by atoms with Gasteiger partial charge in [0.2, 0.25) is 0 Å². The summed E-state index contributed by atoms with van der Waals surface area (Å²) < 4.78 is 38.1. The Balaban J connectivity index is 1.56. The highest BCUT2D eigenvalue weighted by Gasteiger charge is 2.55. The molecule has 4 fully saturated rings. The van der Waals surface area contributed by atoms with Gasteiger partial charge in [-0.2, -0.15) is 0 Å². The Hall–Kier alpha value is -0.840. The minimum absolute atomic E-state index is 0.808. The van der Waals surface area contributed by atoms with Crippen LogP contribution in [0.5, 0.6) is 0 Å². The van der Waals surface area contributed by atoms with E-state index in [0.717, 1.165) is 0 Å². The summed E-state index contributed by atoms with van der Waals surface area (Å²) in [5, 5.41) is 143. The second-order valence-electron chi connectivity index (χ2n) is 11.1. The lowest BCUT2D eigenvalue weighted by molar-refractivity contribution is -0.399. The van der Waals surface area contributed by atoms with Gasteiger partial charge in [0, 0.05) is 0 Å². The Morgan fingerprint density at radius 2 is 0.711 bits per heavy atom. The summed E-state index contributed by atoms with van der Waals surface area (Å²) >= 11 is 0. The van der Waals surface area contributed by atoms with Crippen molar-refractivity contribution in [2.45, 2.75) is 123 Å². The lowest BCUT2D eigenvalue weighted by Gasteiger charge is -2.49. The molecule has 4 aliphatic heterocycles. The van der Waals surface area contributed by atoms with Crippen molar-refractivity contribution in [1.82, 2.24) is 0 Å². The Morgan fingerprint density at radius 3 is 1.16 bits per heavy atom. The maximum absolute atomic E-state index is 11.2. The molecule has 20 atom stereocenters. The monoisotopic (exact) mass is 666 g/mol. The van der Waals surface area contributed by atoms with E-state index in [9.17, 15) is 71.5 Å². The molecule has 21 nitrogen and oxygen atoms in total. The zero-order chi connectivity index (χ0) is 33.3. The molecule has 4 heterocycles. The summed E-state index contributed by atoms with van der Waals surface area (Å²) in [4.78, 5) is 0. The fourth-order valence-corrected chi connectivity index (χ4v) is 5.51. The number of rotatable bonds is 10. The van der Waals surface area contributed by atoms with Crippen LogP contribution in [0.1, 0.15) is 0 Å². The van der Waals surface area contributed by atoms with E-state index in [1.807, 2.05) is 0 Å². The topological polar surface area (TPSA) is 348 Å². The third-order valence-corrected chi connectivity index (χ3v) is 8.21. The highest BCUT2D eigenvalue weighted by Crippen LogP contribution is 2.34.